The average molecular weight is 398 g/mol. The van der Waals surface area contributed by atoms with Crippen LogP contribution in [-0.2, 0) is 19.6 Å². The highest BCUT2D eigenvalue weighted by molar-refractivity contribution is 7.89. The van der Waals surface area contributed by atoms with E-state index in [4.69, 9.17) is 14.6 Å². The van der Waals surface area contributed by atoms with E-state index < -0.39 is 27.9 Å². The number of sulfonamides is 1. The van der Waals surface area contributed by atoms with Crippen LogP contribution in [0.3, 0.4) is 0 Å². The third-order valence-corrected chi connectivity index (χ3v) is 5.81. The molecule has 9 nitrogen and oxygen atoms in total. The van der Waals surface area contributed by atoms with E-state index in [-0.39, 0.29) is 23.8 Å². The molecule has 1 aliphatic carbocycles. The Morgan fingerprint density at radius 3 is 2.56 bits per heavy atom. The number of carboxylic acid groups (broad SMARTS) is 1. The molecular formula is C17H22N2O7S. The Hall–Kier alpha value is -2.33. The minimum atomic E-state index is -3.83. The summed E-state index contributed by atoms with van der Waals surface area (Å²) in [6, 6.07) is 3.42. The van der Waals surface area contributed by atoms with Gasteiger partial charge in [-0.2, -0.15) is 0 Å². The maximum absolute atomic E-state index is 12.4. The smallest absolute Gasteiger partial charge is 0.326 e. The normalized spacial score (nSPS) is 17.6. The summed E-state index contributed by atoms with van der Waals surface area (Å²) in [5, 5.41) is 11.5. The average Bonchev–Trinajstić information content (AvgIpc) is 3.45. The summed E-state index contributed by atoms with van der Waals surface area (Å²) in [4.78, 5) is 23.0. The Morgan fingerprint density at radius 1 is 1.19 bits per heavy atom. The Morgan fingerprint density at radius 2 is 1.89 bits per heavy atom. The van der Waals surface area contributed by atoms with Gasteiger partial charge >= 0.3 is 5.97 Å². The van der Waals surface area contributed by atoms with Crippen molar-refractivity contribution in [1.29, 1.82) is 0 Å². The van der Waals surface area contributed by atoms with Crippen molar-refractivity contribution in [1.82, 2.24) is 10.0 Å². The van der Waals surface area contributed by atoms with Gasteiger partial charge in [0.25, 0.3) is 0 Å². The fourth-order valence-corrected chi connectivity index (χ4v) is 3.80. The molecule has 148 valence electrons. The molecular weight excluding hydrogens is 376 g/mol. The topological polar surface area (TPSA) is 131 Å². The third-order valence-electron chi connectivity index (χ3n) is 4.35. The number of rotatable bonds is 8. The fraction of sp³-hybridized carbons (Fsp3) is 0.529. The van der Waals surface area contributed by atoms with Crippen LogP contribution in [0.15, 0.2) is 23.1 Å². The first-order valence-electron chi connectivity index (χ1n) is 8.78. The predicted octanol–water partition coefficient (Wildman–Crippen LogP) is 0.496. The van der Waals surface area contributed by atoms with Crippen molar-refractivity contribution in [3.8, 4) is 11.5 Å². The highest BCUT2D eigenvalue weighted by Crippen LogP contribution is 2.33. The molecule has 2 aliphatic rings. The van der Waals surface area contributed by atoms with Gasteiger partial charge < -0.3 is 19.9 Å². The molecule has 1 aromatic carbocycles. The predicted molar refractivity (Wildman–Crippen MR) is 94.1 cm³/mol. The van der Waals surface area contributed by atoms with E-state index in [0.717, 1.165) is 12.8 Å². The van der Waals surface area contributed by atoms with E-state index >= 15 is 0 Å². The molecule has 1 amide bonds. The van der Waals surface area contributed by atoms with Crippen molar-refractivity contribution in [2.24, 2.45) is 5.92 Å². The van der Waals surface area contributed by atoms with Crippen LogP contribution in [0.25, 0.3) is 0 Å². The fourth-order valence-electron chi connectivity index (χ4n) is 2.75. The van der Waals surface area contributed by atoms with Crippen molar-refractivity contribution >= 4 is 21.9 Å². The van der Waals surface area contributed by atoms with Crippen molar-refractivity contribution in [2.75, 3.05) is 19.8 Å². The molecule has 0 radical (unpaired) electrons. The number of hydrogen-bond donors (Lipinski definition) is 3. The maximum atomic E-state index is 12.4. The molecule has 1 aromatic rings. The molecule has 1 unspecified atom stereocenters. The number of aliphatic carboxylic acids is 1. The van der Waals surface area contributed by atoms with E-state index in [1.807, 2.05) is 0 Å². The molecule has 3 rings (SSSR count). The Bertz CT molecular complexity index is 821. The van der Waals surface area contributed by atoms with Crippen molar-refractivity contribution in [2.45, 2.75) is 36.6 Å². The summed E-state index contributed by atoms with van der Waals surface area (Å²) in [6.07, 6.45) is 2.10. The van der Waals surface area contributed by atoms with E-state index in [1.54, 1.807) is 0 Å². The molecule has 1 saturated carbocycles. The molecule has 3 N–H and O–H groups in total. The SMILES string of the molecule is O=C(CCNS(=O)(=O)c1ccc2c(c1)OCCCO2)NC(C(=O)O)C1CC1. The van der Waals surface area contributed by atoms with E-state index in [1.165, 1.54) is 18.2 Å². The largest absolute Gasteiger partial charge is 0.490 e. The second-order valence-electron chi connectivity index (χ2n) is 6.53. The van der Waals surface area contributed by atoms with Gasteiger partial charge in [-0.25, -0.2) is 17.9 Å². The van der Waals surface area contributed by atoms with Gasteiger partial charge in [0.2, 0.25) is 15.9 Å². The molecule has 1 atom stereocenters. The Kier molecular flexibility index (Phi) is 5.85. The zero-order chi connectivity index (χ0) is 19.4. The van der Waals surface area contributed by atoms with E-state index in [2.05, 4.69) is 10.0 Å². The zero-order valence-corrected chi connectivity index (χ0v) is 15.5. The van der Waals surface area contributed by atoms with Gasteiger partial charge in [-0.3, -0.25) is 4.79 Å². The van der Waals surface area contributed by atoms with Crippen LogP contribution in [0.2, 0.25) is 0 Å². The van der Waals surface area contributed by atoms with Crippen molar-refractivity contribution < 1.29 is 32.6 Å². The van der Waals surface area contributed by atoms with Crippen LogP contribution in [0.5, 0.6) is 11.5 Å². The monoisotopic (exact) mass is 398 g/mol. The minimum absolute atomic E-state index is 0.00792. The summed E-state index contributed by atoms with van der Waals surface area (Å²) in [5.41, 5.74) is 0. The van der Waals surface area contributed by atoms with Gasteiger partial charge in [-0.15, -0.1) is 0 Å². The molecule has 1 fully saturated rings. The van der Waals surface area contributed by atoms with Gasteiger partial charge in [-0.1, -0.05) is 0 Å². The number of benzene rings is 1. The molecule has 1 aliphatic heterocycles. The highest BCUT2D eigenvalue weighted by atomic mass is 32.2. The summed E-state index contributed by atoms with van der Waals surface area (Å²) in [6.45, 7) is 0.806. The van der Waals surface area contributed by atoms with E-state index in [0.29, 0.717) is 31.1 Å². The Balaban J connectivity index is 1.54. The number of hydrogen-bond acceptors (Lipinski definition) is 6. The summed E-state index contributed by atoms with van der Waals surface area (Å²) in [7, 11) is -3.83. The summed E-state index contributed by atoms with van der Waals surface area (Å²) >= 11 is 0. The second-order valence-corrected chi connectivity index (χ2v) is 8.29. The molecule has 0 spiro atoms. The van der Waals surface area contributed by atoms with Crippen LogP contribution >= 0.6 is 0 Å². The number of carbonyl (C=O) groups excluding carboxylic acids is 1. The standard InChI is InChI=1S/C17H22N2O7S/c20-15(19-16(17(21)22)11-2-3-11)6-7-18-27(23,24)12-4-5-13-14(10-12)26-9-1-8-25-13/h4-5,10-11,16,18H,1-3,6-9H2,(H,19,20)(H,21,22). The molecule has 0 aromatic heterocycles. The second kappa shape index (κ2) is 8.13. The van der Waals surface area contributed by atoms with Crippen molar-refractivity contribution in [3.63, 3.8) is 0 Å². The molecule has 27 heavy (non-hydrogen) atoms. The molecule has 0 saturated heterocycles. The lowest BCUT2D eigenvalue weighted by molar-refractivity contribution is -0.142. The van der Waals surface area contributed by atoms with Crippen LogP contribution in [-0.4, -0.2) is 51.2 Å². The van der Waals surface area contributed by atoms with Gasteiger partial charge in [-0.05, 0) is 30.9 Å². The highest BCUT2D eigenvalue weighted by Gasteiger charge is 2.37. The van der Waals surface area contributed by atoms with Gasteiger partial charge in [0.1, 0.15) is 6.04 Å². The van der Waals surface area contributed by atoms with Crippen molar-refractivity contribution in [3.05, 3.63) is 18.2 Å². The first-order valence-corrected chi connectivity index (χ1v) is 10.3. The quantitative estimate of drug-likeness (QED) is 0.581. The van der Waals surface area contributed by atoms with Crippen LogP contribution in [0.1, 0.15) is 25.7 Å². The van der Waals surface area contributed by atoms with Gasteiger partial charge in [0, 0.05) is 25.5 Å². The first kappa shape index (κ1) is 19.4. The van der Waals surface area contributed by atoms with Crippen LogP contribution < -0.4 is 19.5 Å². The maximum Gasteiger partial charge on any atom is 0.326 e. The number of nitrogens with one attached hydrogen (secondary N) is 2. The number of carbonyl (C=O) groups is 2. The lowest BCUT2D eigenvalue weighted by Gasteiger charge is -2.14. The number of amides is 1. The van der Waals surface area contributed by atoms with Crippen LogP contribution in [0.4, 0.5) is 0 Å². The minimum Gasteiger partial charge on any atom is -0.490 e. The zero-order valence-electron chi connectivity index (χ0n) is 14.6. The third kappa shape index (κ3) is 5.10. The summed E-state index contributed by atoms with van der Waals surface area (Å²) < 4.78 is 38.1. The van der Waals surface area contributed by atoms with Gasteiger partial charge in [0.15, 0.2) is 11.5 Å². The van der Waals surface area contributed by atoms with E-state index in [9.17, 15) is 18.0 Å². The molecule has 10 heteroatoms. The van der Waals surface area contributed by atoms with Gasteiger partial charge in [0.05, 0.1) is 18.1 Å². The number of fused-ring (bicyclic) bond motifs is 1. The molecule has 1 heterocycles. The molecule has 0 bridgehead atoms. The lowest BCUT2D eigenvalue weighted by Crippen LogP contribution is -2.43. The first-order chi connectivity index (χ1) is 12.9. The lowest BCUT2D eigenvalue weighted by atomic mass is 10.2. The number of carboxylic acids is 1. The summed E-state index contributed by atoms with van der Waals surface area (Å²) in [5.74, 6) is -0.758. The number of ether oxygens (including phenoxy) is 2. The Labute approximate surface area is 157 Å². The van der Waals surface area contributed by atoms with Crippen LogP contribution in [0, 0.1) is 5.92 Å².